The zero-order chi connectivity index (χ0) is 57.2. The molecule has 2 heterocycles. The second kappa shape index (κ2) is 51.3. The van der Waals surface area contributed by atoms with Crippen molar-refractivity contribution in [1.29, 1.82) is 0 Å². The quantitative estimate of drug-likeness (QED) is 0.0172. The Morgan fingerprint density at radius 2 is 0.823 bits per heavy atom. The predicted octanol–water partition coefficient (Wildman–Crippen LogP) is 12.4. The molecule has 0 amide bonds. The molecule has 7 N–H and O–H groups in total. The molecule has 0 saturated carbocycles. The van der Waals surface area contributed by atoms with E-state index in [0.717, 1.165) is 89.9 Å². The highest BCUT2D eigenvalue weighted by molar-refractivity contribution is 5.69. The summed E-state index contributed by atoms with van der Waals surface area (Å²) in [5.74, 6) is -0.378. The first-order valence-corrected chi connectivity index (χ1v) is 31.9. The Kier molecular flexibility index (Phi) is 47.3. The molecular formula is C65H116O14. The van der Waals surface area contributed by atoms with Gasteiger partial charge in [0.15, 0.2) is 12.6 Å². The fraction of sp³-hybridized carbons (Fsp3) is 0.831. The van der Waals surface area contributed by atoms with Crippen LogP contribution in [-0.2, 0) is 33.2 Å². The predicted molar refractivity (Wildman–Crippen MR) is 316 cm³/mol. The van der Waals surface area contributed by atoms with Gasteiger partial charge in [-0.05, 0) is 57.8 Å². The van der Waals surface area contributed by atoms with E-state index in [-0.39, 0.29) is 25.6 Å². The molecule has 0 aromatic heterocycles. The van der Waals surface area contributed by atoms with E-state index >= 15 is 0 Å². The van der Waals surface area contributed by atoms with Crippen molar-refractivity contribution in [2.24, 2.45) is 0 Å². The number of carbonyl (C=O) groups excluding carboxylic acids is 1. The maximum Gasteiger partial charge on any atom is 0.306 e. The number of hydrogen-bond donors (Lipinski definition) is 7. The lowest BCUT2D eigenvalue weighted by Gasteiger charge is -2.42. The van der Waals surface area contributed by atoms with E-state index in [9.17, 15) is 40.5 Å². The molecule has 2 rings (SSSR count). The molecular weight excluding hydrogens is 1000 g/mol. The van der Waals surface area contributed by atoms with Crippen molar-refractivity contribution in [2.45, 2.75) is 313 Å². The first-order chi connectivity index (χ1) is 38.6. The number of esters is 1. The summed E-state index contributed by atoms with van der Waals surface area (Å²) in [7, 11) is 0. The maximum atomic E-state index is 13.1. The average Bonchev–Trinajstić information content (AvgIpc) is 3.46. The summed E-state index contributed by atoms with van der Waals surface area (Å²) in [5, 5.41) is 72.5. The Hall–Kier alpha value is -2.31. The first kappa shape index (κ1) is 72.8. The van der Waals surface area contributed by atoms with Gasteiger partial charge in [-0.2, -0.15) is 0 Å². The molecule has 0 aromatic carbocycles. The number of ether oxygens (including phenoxy) is 6. The van der Waals surface area contributed by atoms with Gasteiger partial charge in [-0.15, -0.1) is 0 Å². The van der Waals surface area contributed by atoms with Gasteiger partial charge in [0.1, 0.15) is 54.9 Å². The molecule has 2 aliphatic heterocycles. The zero-order valence-electron chi connectivity index (χ0n) is 49.6. The van der Waals surface area contributed by atoms with Crippen LogP contribution in [0.2, 0.25) is 0 Å². The van der Waals surface area contributed by atoms with Crippen LogP contribution in [0.15, 0.2) is 60.8 Å². The number of hydrogen-bond acceptors (Lipinski definition) is 14. The van der Waals surface area contributed by atoms with Gasteiger partial charge in [-0.25, -0.2) is 0 Å². The van der Waals surface area contributed by atoms with E-state index in [2.05, 4.69) is 74.6 Å². The van der Waals surface area contributed by atoms with Gasteiger partial charge in [0.05, 0.1) is 26.4 Å². The summed E-state index contributed by atoms with van der Waals surface area (Å²) in [5.41, 5.74) is 0. The van der Waals surface area contributed by atoms with Crippen molar-refractivity contribution in [3.63, 3.8) is 0 Å². The number of aliphatic hydroxyl groups is 7. The molecule has 14 heteroatoms. The van der Waals surface area contributed by atoms with Crippen LogP contribution in [0.4, 0.5) is 0 Å². The molecule has 79 heavy (non-hydrogen) atoms. The van der Waals surface area contributed by atoms with Crippen LogP contribution in [0.1, 0.15) is 245 Å². The van der Waals surface area contributed by atoms with Gasteiger partial charge >= 0.3 is 5.97 Å². The molecule has 2 fully saturated rings. The average molecular weight is 1120 g/mol. The monoisotopic (exact) mass is 1120 g/mol. The number of unbranched alkanes of at least 4 members (excludes halogenated alkanes) is 28. The minimum Gasteiger partial charge on any atom is -0.457 e. The number of aliphatic hydroxyl groups excluding tert-OH is 7. The molecule has 460 valence electrons. The Balaban J connectivity index is 1.68. The molecule has 0 aromatic rings. The van der Waals surface area contributed by atoms with Crippen LogP contribution in [0, 0.1) is 0 Å². The number of carbonyl (C=O) groups is 1. The largest absolute Gasteiger partial charge is 0.457 e. The van der Waals surface area contributed by atoms with Gasteiger partial charge in [-0.3, -0.25) is 4.79 Å². The highest BCUT2D eigenvalue weighted by atomic mass is 16.7. The van der Waals surface area contributed by atoms with E-state index in [0.29, 0.717) is 13.0 Å². The summed E-state index contributed by atoms with van der Waals surface area (Å²) in [6.07, 6.45) is 48.6. The smallest absolute Gasteiger partial charge is 0.306 e. The zero-order valence-corrected chi connectivity index (χ0v) is 49.6. The summed E-state index contributed by atoms with van der Waals surface area (Å²) < 4.78 is 34.5. The van der Waals surface area contributed by atoms with E-state index in [1.807, 2.05) is 0 Å². The Morgan fingerprint density at radius 3 is 1.29 bits per heavy atom. The Bertz CT molecular complexity index is 1540. The third-order valence-corrected chi connectivity index (χ3v) is 15.0. The standard InChI is InChI=1S/C65H116O14/c1-3-5-7-9-11-13-15-17-19-21-23-25-27-28-30-32-34-36-38-40-42-44-46-48-57(67)77-54(51-74-49-47-45-43-41-39-37-35-33-31-29-26-24-22-20-18-16-14-12-10-8-6-4-2)52-75-64-63(73)61(71)59(69)56(79-64)53-76-65-62(72)60(70)58(68)55(50-66)78-65/h6,8,12,14,18,20,24,26,31,33,54-56,58-66,68-73H,3-5,7,9-11,13,15-17,19,21-23,25,27-30,32,34-53H2,1-2H3/b8-6-,14-12-,20-18-,26-24-,33-31-. The van der Waals surface area contributed by atoms with Gasteiger partial charge in [0, 0.05) is 13.0 Å². The normalized spacial score (nSPS) is 24.4. The van der Waals surface area contributed by atoms with Crippen LogP contribution in [0.5, 0.6) is 0 Å². The van der Waals surface area contributed by atoms with Crippen molar-refractivity contribution >= 4 is 5.97 Å². The summed E-state index contributed by atoms with van der Waals surface area (Å²) >= 11 is 0. The minimum absolute atomic E-state index is 0.0516. The second-order valence-electron chi connectivity index (χ2n) is 22.2. The van der Waals surface area contributed by atoms with E-state index < -0.39 is 80.7 Å². The number of rotatable bonds is 52. The Labute approximate surface area is 479 Å². The third kappa shape index (κ3) is 37.5. The van der Waals surface area contributed by atoms with Crippen molar-refractivity contribution < 1.29 is 69.0 Å². The number of allylic oxidation sites excluding steroid dienone is 10. The highest BCUT2D eigenvalue weighted by Gasteiger charge is 2.47. The minimum atomic E-state index is -1.71. The molecule has 0 bridgehead atoms. The van der Waals surface area contributed by atoms with Gasteiger partial charge in [-0.1, -0.05) is 242 Å². The van der Waals surface area contributed by atoms with Crippen molar-refractivity contribution in [3.8, 4) is 0 Å². The maximum absolute atomic E-state index is 13.1. The molecule has 0 spiro atoms. The molecule has 14 nitrogen and oxygen atoms in total. The Morgan fingerprint density at radius 1 is 0.430 bits per heavy atom. The third-order valence-electron chi connectivity index (χ3n) is 15.0. The molecule has 11 atom stereocenters. The van der Waals surface area contributed by atoms with Crippen LogP contribution in [0.25, 0.3) is 0 Å². The van der Waals surface area contributed by atoms with E-state index in [4.69, 9.17) is 28.4 Å². The van der Waals surface area contributed by atoms with Gasteiger partial charge in [0.25, 0.3) is 0 Å². The van der Waals surface area contributed by atoms with Gasteiger partial charge in [0.2, 0.25) is 0 Å². The van der Waals surface area contributed by atoms with Crippen LogP contribution in [0.3, 0.4) is 0 Å². The van der Waals surface area contributed by atoms with Crippen LogP contribution >= 0.6 is 0 Å². The molecule has 11 unspecified atom stereocenters. The lowest BCUT2D eigenvalue weighted by molar-refractivity contribution is -0.332. The van der Waals surface area contributed by atoms with E-state index in [1.54, 1.807) is 0 Å². The summed E-state index contributed by atoms with van der Waals surface area (Å²) in [6.45, 7) is 3.58. The lowest BCUT2D eigenvalue weighted by atomic mass is 9.98. The van der Waals surface area contributed by atoms with E-state index in [1.165, 1.54) is 128 Å². The SMILES string of the molecule is CC/C=C\C/C=C\C/C=C\C/C=C\C/C=C\CCCCCCCCOCC(COC1OC(COC2OC(CO)C(O)C(O)C2O)C(O)C(O)C1O)OC(=O)CCCCCCCCCCCCCCCCCCCCCCCCC. The van der Waals surface area contributed by atoms with Crippen LogP contribution in [-0.4, -0.2) is 142 Å². The van der Waals surface area contributed by atoms with Crippen molar-refractivity contribution in [3.05, 3.63) is 60.8 Å². The first-order valence-electron chi connectivity index (χ1n) is 31.9. The second-order valence-corrected chi connectivity index (χ2v) is 22.2. The highest BCUT2D eigenvalue weighted by Crippen LogP contribution is 2.27. The molecule has 0 aliphatic carbocycles. The van der Waals surface area contributed by atoms with Crippen LogP contribution < -0.4 is 0 Å². The fourth-order valence-corrected chi connectivity index (χ4v) is 9.96. The summed E-state index contributed by atoms with van der Waals surface area (Å²) in [6, 6.07) is 0. The van der Waals surface area contributed by atoms with Crippen molar-refractivity contribution in [1.82, 2.24) is 0 Å². The summed E-state index contributed by atoms with van der Waals surface area (Å²) in [4.78, 5) is 13.1. The van der Waals surface area contributed by atoms with Crippen molar-refractivity contribution in [2.75, 3.05) is 33.0 Å². The topological polar surface area (TPSA) is 214 Å². The fourth-order valence-electron chi connectivity index (χ4n) is 9.96. The lowest BCUT2D eigenvalue weighted by Crippen LogP contribution is -2.61. The molecule has 0 radical (unpaired) electrons. The molecule has 2 saturated heterocycles. The van der Waals surface area contributed by atoms with Gasteiger partial charge < -0.3 is 64.2 Å². The molecule has 2 aliphatic rings.